The van der Waals surface area contributed by atoms with Gasteiger partial charge in [0, 0.05) is 12.5 Å². The van der Waals surface area contributed by atoms with Crippen LogP contribution in [0.5, 0.6) is 0 Å². The summed E-state index contributed by atoms with van der Waals surface area (Å²) in [5.74, 6) is -0.688. The van der Waals surface area contributed by atoms with E-state index in [9.17, 15) is 28.1 Å². The van der Waals surface area contributed by atoms with Crippen molar-refractivity contribution in [3.8, 4) is 0 Å². The number of hydrogen-bond donors (Lipinski definition) is 1. The molecule has 28 heavy (non-hydrogen) atoms. The molecule has 1 fully saturated rings. The Morgan fingerprint density at radius 3 is 2.71 bits per heavy atom. The van der Waals surface area contributed by atoms with Gasteiger partial charge in [0.25, 0.3) is 0 Å². The molecule has 1 aliphatic carbocycles. The third kappa shape index (κ3) is 4.11. The average molecular weight is 421 g/mol. The van der Waals surface area contributed by atoms with E-state index in [0.717, 1.165) is 10.9 Å². The van der Waals surface area contributed by atoms with E-state index in [-0.39, 0.29) is 30.4 Å². The largest absolute Gasteiger partial charge is 0.436 e. The van der Waals surface area contributed by atoms with E-state index >= 15 is 0 Å². The quantitative estimate of drug-likeness (QED) is 0.547. The Hall–Kier alpha value is -2.63. The summed E-state index contributed by atoms with van der Waals surface area (Å²) in [4.78, 5) is 22.4. The van der Waals surface area contributed by atoms with Crippen molar-refractivity contribution < 1.29 is 22.9 Å². The molecule has 0 spiro atoms. The molecule has 9 nitrogen and oxygen atoms in total. The molecule has 0 bridgehead atoms. The molecule has 1 amide bonds. The summed E-state index contributed by atoms with van der Waals surface area (Å²) in [6.45, 7) is 1.68. The monoisotopic (exact) mass is 420 g/mol. The molecule has 1 unspecified atom stereocenters. The highest BCUT2D eigenvalue weighted by atomic mass is 35.5. The van der Waals surface area contributed by atoms with E-state index < -0.39 is 33.8 Å². The van der Waals surface area contributed by atoms with Crippen LogP contribution in [-0.2, 0) is 17.5 Å². The van der Waals surface area contributed by atoms with E-state index in [1.165, 1.54) is 17.8 Å². The standard InChI is InChI=1S/C15H16ClF3N6O3/c1-8(14(26)20-4-5-23-7-10(6-21-23)25(27)28)24-12(9-2-3-9)11(16)13(22-24)15(17,18)19/h6-9H,2-5H2,1H3,(H,20,26). The number of nitrogens with zero attached hydrogens (tertiary/aromatic N) is 5. The van der Waals surface area contributed by atoms with Gasteiger partial charge in [-0.1, -0.05) is 11.6 Å². The van der Waals surface area contributed by atoms with Gasteiger partial charge in [-0.25, -0.2) is 0 Å². The first-order chi connectivity index (χ1) is 13.1. The predicted molar refractivity (Wildman–Crippen MR) is 90.8 cm³/mol. The van der Waals surface area contributed by atoms with Gasteiger partial charge in [-0.3, -0.25) is 24.3 Å². The number of nitro groups is 1. The lowest BCUT2D eigenvalue weighted by Gasteiger charge is -2.15. The number of aromatic nitrogens is 4. The fraction of sp³-hybridized carbons (Fsp3) is 0.533. The lowest BCUT2D eigenvalue weighted by Crippen LogP contribution is -2.34. The summed E-state index contributed by atoms with van der Waals surface area (Å²) < 4.78 is 41.7. The first kappa shape index (κ1) is 20.1. The Labute approximate surface area is 161 Å². The summed E-state index contributed by atoms with van der Waals surface area (Å²) in [5.41, 5.74) is -1.15. The van der Waals surface area contributed by atoms with Crippen molar-refractivity contribution in [1.82, 2.24) is 24.9 Å². The zero-order valence-electron chi connectivity index (χ0n) is 14.6. The second kappa shape index (κ2) is 7.41. The van der Waals surface area contributed by atoms with Crippen LogP contribution < -0.4 is 5.32 Å². The molecule has 0 aromatic carbocycles. The lowest BCUT2D eigenvalue weighted by atomic mass is 10.2. The number of nitrogens with one attached hydrogen (secondary N) is 1. The summed E-state index contributed by atoms with van der Waals surface area (Å²) in [6.07, 6.45) is -1.04. The maximum atomic E-state index is 13.1. The van der Waals surface area contributed by atoms with Gasteiger partial charge in [0.1, 0.15) is 18.4 Å². The molecule has 2 aromatic heterocycles. The summed E-state index contributed by atoms with van der Waals surface area (Å²) in [6, 6.07) is -1.00. The van der Waals surface area contributed by atoms with Crippen LogP contribution in [0.25, 0.3) is 0 Å². The Morgan fingerprint density at radius 1 is 1.50 bits per heavy atom. The maximum Gasteiger partial charge on any atom is 0.436 e. The number of amides is 1. The highest BCUT2D eigenvalue weighted by Crippen LogP contribution is 2.47. The fourth-order valence-electron chi connectivity index (χ4n) is 2.75. The minimum absolute atomic E-state index is 0.0852. The third-order valence-electron chi connectivity index (χ3n) is 4.34. The van der Waals surface area contributed by atoms with Gasteiger partial charge >= 0.3 is 11.9 Å². The van der Waals surface area contributed by atoms with Gasteiger partial charge < -0.3 is 5.32 Å². The number of carbonyl (C=O) groups is 1. The smallest absolute Gasteiger partial charge is 0.352 e. The molecule has 0 saturated heterocycles. The second-order valence-electron chi connectivity index (χ2n) is 6.45. The number of carbonyl (C=O) groups excluding carboxylic acids is 1. The molecule has 2 heterocycles. The van der Waals surface area contributed by atoms with Crippen LogP contribution in [0.15, 0.2) is 12.4 Å². The summed E-state index contributed by atoms with van der Waals surface area (Å²) >= 11 is 5.91. The van der Waals surface area contributed by atoms with Crippen molar-refractivity contribution in [2.75, 3.05) is 6.54 Å². The maximum absolute atomic E-state index is 13.1. The first-order valence-electron chi connectivity index (χ1n) is 8.39. The minimum Gasteiger partial charge on any atom is -0.352 e. The van der Waals surface area contributed by atoms with Gasteiger partial charge in [-0.15, -0.1) is 0 Å². The van der Waals surface area contributed by atoms with Crippen LogP contribution >= 0.6 is 11.6 Å². The predicted octanol–water partition coefficient (Wildman–Crippen LogP) is 2.91. The molecule has 152 valence electrons. The minimum atomic E-state index is -4.71. The van der Waals surface area contributed by atoms with E-state index in [2.05, 4.69) is 15.5 Å². The van der Waals surface area contributed by atoms with Gasteiger partial charge in [0.2, 0.25) is 5.91 Å². The molecule has 0 aliphatic heterocycles. The van der Waals surface area contributed by atoms with E-state index in [1.807, 2.05) is 0 Å². The summed E-state index contributed by atoms with van der Waals surface area (Å²) in [7, 11) is 0. The number of alkyl halides is 3. The molecule has 2 aromatic rings. The van der Waals surface area contributed by atoms with Crippen molar-refractivity contribution in [1.29, 1.82) is 0 Å². The van der Waals surface area contributed by atoms with E-state index in [4.69, 9.17) is 11.6 Å². The third-order valence-corrected chi connectivity index (χ3v) is 4.71. The van der Waals surface area contributed by atoms with Crippen LogP contribution in [0.1, 0.15) is 43.1 Å². The summed E-state index contributed by atoms with van der Waals surface area (Å²) in [5, 5.41) is 20.1. The van der Waals surface area contributed by atoms with E-state index in [1.54, 1.807) is 0 Å². The highest BCUT2D eigenvalue weighted by Gasteiger charge is 2.43. The van der Waals surface area contributed by atoms with Crippen molar-refractivity contribution in [3.63, 3.8) is 0 Å². The van der Waals surface area contributed by atoms with Gasteiger partial charge in [-0.05, 0) is 19.8 Å². The zero-order chi connectivity index (χ0) is 20.6. The van der Waals surface area contributed by atoms with Crippen LogP contribution in [0, 0.1) is 10.1 Å². The SMILES string of the molecule is CC(C(=O)NCCn1cc([N+](=O)[O-])cn1)n1nc(C(F)(F)F)c(Cl)c1C1CC1. The molecule has 1 atom stereocenters. The van der Waals surface area contributed by atoms with Gasteiger partial charge in [0.15, 0.2) is 5.69 Å². The average Bonchev–Trinajstić information content (AvgIpc) is 3.20. The number of halogens is 4. The van der Waals surface area contributed by atoms with Crippen molar-refractivity contribution >= 4 is 23.2 Å². The van der Waals surface area contributed by atoms with Crippen molar-refractivity contribution in [3.05, 3.63) is 38.9 Å². The number of rotatable bonds is 7. The lowest BCUT2D eigenvalue weighted by molar-refractivity contribution is -0.385. The van der Waals surface area contributed by atoms with Crippen LogP contribution in [0.4, 0.5) is 18.9 Å². The number of hydrogen-bond acceptors (Lipinski definition) is 5. The fourth-order valence-corrected chi connectivity index (χ4v) is 3.13. The second-order valence-corrected chi connectivity index (χ2v) is 6.83. The molecule has 1 aliphatic rings. The first-order valence-corrected chi connectivity index (χ1v) is 8.77. The van der Waals surface area contributed by atoms with Crippen LogP contribution in [-0.4, -0.2) is 36.9 Å². The van der Waals surface area contributed by atoms with Crippen molar-refractivity contribution in [2.24, 2.45) is 0 Å². The van der Waals surface area contributed by atoms with Crippen LogP contribution in [0.2, 0.25) is 5.02 Å². The highest BCUT2D eigenvalue weighted by molar-refractivity contribution is 6.32. The Balaban J connectivity index is 1.68. The Morgan fingerprint density at radius 2 is 2.18 bits per heavy atom. The Kier molecular flexibility index (Phi) is 5.33. The van der Waals surface area contributed by atoms with E-state index in [0.29, 0.717) is 12.8 Å². The molecule has 0 radical (unpaired) electrons. The normalized spacial score (nSPS) is 15.5. The topological polar surface area (TPSA) is 108 Å². The molecular weight excluding hydrogens is 405 g/mol. The van der Waals surface area contributed by atoms with Gasteiger partial charge in [-0.2, -0.15) is 23.4 Å². The molecule has 3 rings (SSSR count). The zero-order valence-corrected chi connectivity index (χ0v) is 15.4. The molecule has 1 N–H and O–H groups in total. The van der Waals surface area contributed by atoms with Gasteiger partial charge in [0.05, 0.1) is 22.2 Å². The molecule has 1 saturated carbocycles. The molecule has 13 heteroatoms. The Bertz CT molecular complexity index is 905. The van der Waals surface area contributed by atoms with Crippen LogP contribution in [0.3, 0.4) is 0 Å². The molecular formula is C15H16ClF3N6O3. The van der Waals surface area contributed by atoms with Crippen molar-refractivity contribution in [2.45, 2.75) is 44.4 Å².